The van der Waals surface area contributed by atoms with E-state index < -0.39 is 5.97 Å². The minimum Gasteiger partial charge on any atom is -0.481 e. The normalized spacial score (nSPS) is 15.3. The highest BCUT2D eigenvalue weighted by Gasteiger charge is 2.34. The summed E-state index contributed by atoms with van der Waals surface area (Å²) < 4.78 is 0.989. The van der Waals surface area contributed by atoms with Gasteiger partial charge in [0.2, 0.25) is 0 Å². The van der Waals surface area contributed by atoms with Gasteiger partial charge in [0.05, 0.1) is 11.4 Å². The molecule has 2 heterocycles. The molecule has 0 aliphatic carbocycles. The van der Waals surface area contributed by atoms with Crippen molar-refractivity contribution in [3.8, 4) is 0 Å². The zero-order valence-electron chi connectivity index (χ0n) is 10.5. The molecule has 1 fully saturated rings. The van der Waals surface area contributed by atoms with Crippen LogP contribution in [0.4, 0.5) is 0 Å². The van der Waals surface area contributed by atoms with Gasteiger partial charge in [-0.3, -0.25) is 9.59 Å². The number of carbonyl (C=O) groups is 2. The van der Waals surface area contributed by atoms with Gasteiger partial charge >= 0.3 is 5.97 Å². The van der Waals surface area contributed by atoms with Crippen molar-refractivity contribution in [2.75, 3.05) is 13.1 Å². The number of carboxylic acid groups (broad SMARTS) is 1. The van der Waals surface area contributed by atoms with Crippen LogP contribution < -0.4 is 0 Å². The summed E-state index contributed by atoms with van der Waals surface area (Å²) in [6, 6.07) is 7.64. The molecule has 1 aliphatic heterocycles. The molecule has 1 amide bonds. The van der Waals surface area contributed by atoms with Gasteiger partial charge in [-0.25, -0.2) is 0 Å². The lowest BCUT2D eigenvalue weighted by Gasteiger charge is -2.38. The molecular formula is C14H12ClNO3S. The van der Waals surface area contributed by atoms with E-state index in [4.69, 9.17) is 16.7 Å². The number of amides is 1. The van der Waals surface area contributed by atoms with E-state index in [9.17, 15) is 9.59 Å². The number of hydrogen-bond acceptors (Lipinski definition) is 3. The number of likely N-dealkylation sites (tertiary alicyclic amines) is 1. The first-order chi connectivity index (χ1) is 9.56. The average Bonchev–Trinajstić information content (AvgIpc) is 2.70. The summed E-state index contributed by atoms with van der Waals surface area (Å²) in [6.45, 7) is 0.991. The van der Waals surface area contributed by atoms with Crippen molar-refractivity contribution in [3.05, 3.63) is 34.2 Å². The molecule has 20 heavy (non-hydrogen) atoms. The van der Waals surface area contributed by atoms with Crippen LogP contribution in [0.2, 0.25) is 5.02 Å². The number of thiophene rings is 1. The van der Waals surface area contributed by atoms with Crippen molar-refractivity contribution in [3.63, 3.8) is 0 Å². The largest absolute Gasteiger partial charge is 0.481 e. The molecule has 4 nitrogen and oxygen atoms in total. The predicted octanol–water partition coefficient (Wildman–Crippen LogP) is 3.10. The zero-order valence-corrected chi connectivity index (χ0v) is 12.1. The Labute approximate surface area is 124 Å². The molecular weight excluding hydrogens is 298 g/mol. The van der Waals surface area contributed by atoms with Gasteiger partial charge in [0, 0.05) is 29.1 Å². The molecule has 0 atom stereocenters. The fourth-order valence-corrected chi connectivity index (χ4v) is 3.89. The Morgan fingerprint density at radius 1 is 1.35 bits per heavy atom. The van der Waals surface area contributed by atoms with Gasteiger partial charge in [0.15, 0.2) is 0 Å². The Kier molecular flexibility index (Phi) is 3.40. The number of carboxylic acids is 1. The topological polar surface area (TPSA) is 57.6 Å². The zero-order chi connectivity index (χ0) is 14.3. The van der Waals surface area contributed by atoms with Crippen LogP contribution in [-0.2, 0) is 4.79 Å². The number of rotatable bonds is 3. The molecule has 104 valence electrons. The minimum absolute atomic E-state index is 0.0598. The van der Waals surface area contributed by atoms with E-state index in [0.717, 1.165) is 10.1 Å². The molecule has 1 N–H and O–H groups in total. The highest BCUT2D eigenvalue weighted by molar-refractivity contribution is 7.21. The Balaban J connectivity index is 1.77. The van der Waals surface area contributed by atoms with Crippen LogP contribution in [0.3, 0.4) is 0 Å². The first-order valence-corrected chi connectivity index (χ1v) is 7.44. The Morgan fingerprint density at radius 2 is 2.05 bits per heavy atom. The van der Waals surface area contributed by atoms with Gasteiger partial charge in [-0.1, -0.05) is 29.8 Å². The quantitative estimate of drug-likeness (QED) is 0.948. The van der Waals surface area contributed by atoms with Crippen LogP contribution in [0.1, 0.15) is 16.1 Å². The standard InChI is InChI=1S/C14H12ClNO3S/c15-12-9-3-1-2-4-10(9)20-13(12)14(19)16-6-8(7-16)5-11(17)18/h1-4,8H,5-7H2,(H,17,18). The molecule has 2 aromatic rings. The molecule has 0 spiro atoms. The molecule has 0 radical (unpaired) electrons. The summed E-state index contributed by atoms with van der Waals surface area (Å²) >= 11 is 7.65. The summed E-state index contributed by atoms with van der Waals surface area (Å²) in [5.74, 6) is -0.857. The van der Waals surface area contributed by atoms with Crippen LogP contribution >= 0.6 is 22.9 Å². The molecule has 1 aliphatic rings. The molecule has 0 saturated carbocycles. The smallest absolute Gasteiger partial charge is 0.303 e. The monoisotopic (exact) mass is 309 g/mol. The highest BCUT2D eigenvalue weighted by atomic mass is 35.5. The molecule has 0 bridgehead atoms. The van der Waals surface area contributed by atoms with E-state index >= 15 is 0 Å². The van der Waals surface area contributed by atoms with Gasteiger partial charge in [-0.2, -0.15) is 0 Å². The molecule has 0 unspecified atom stereocenters. The third-order valence-electron chi connectivity index (χ3n) is 3.44. The van der Waals surface area contributed by atoms with E-state index in [1.165, 1.54) is 11.3 Å². The van der Waals surface area contributed by atoms with Crippen molar-refractivity contribution in [1.82, 2.24) is 4.90 Å². The molecule has 1 saturated heterocycles. The molecule has 1 aromatic heterocycles. The Hall–Kier alpha value is -1.59. The lowest BCUT2D eigenvalue weighted by atomic mass is 9.96. The molecule has 1 aromatic carbocycles. The first-order valence-electron chi connectivity index (χ1n) is 6.24. The minimum atomic E-state index is -0.818. The van der Waals surface area contributed by atoms with Gasteiger partial charge in [-0.05, 0) is 6.07 Å². The summed E-state index contributed by atoms with van der Waals surface area (Å²) in [7, 11) is 0. The lowest BCUT2D eigenvalue weighted by molar-refractivity contribution is -0.139. The van der Waals surface area contributed by atoms with E-state index in [1.54, 1.807) is 4.90 Å². The summed E-state index contributed by atoms with van der Waals surface area (Å²) in [5, 5.41) is 10.1. The van der Waals surface area contributed by atoms with Crippen LogP contribution in [-0.4, -0.2) is 35.0 Å². The van der Waals surface area contributed by atoms with Crippen LogP contribution in [0, 0.1) is 5.92 Å². The molecule has 3 rings (SSSR count). The second-order valence-corrected chi connectivity index (χ2v) is 6.35. The van der Waals surface area contributed by atoms with Crippen molar-refractivity contribution in [1.29, 1.82) is 0 Å². The highest BCUT2D eigenvalue weighted by Crippen LogP contribution is 2.37. The predicted molar refractivity (Wildman–Crippen MR) is 78.5 cm³/mol. The van der Waals surface area contributed by atoms with Gasteiger partial charge in [-0.15, -0.1) is 11.3 Å². The second kappa shape index (κ2) is 5.07. The lowest BCUT2D eigenvalue weighted by Crippen LogP contribution is -2.50. The number of nitrogens with zero attached hydrogens (tertiary/aromatic N) is 1. The first kappa shape index (κ1) is 13.4. The maximum Gasteiger partial charge on any atom is 0.303 e. The fourth-order valence-electron chi connectivity index (χ4n) is 2.41. The fraction of sp³-hybridized carbons (Fsp3) is 0.286. The summed E-state index contributed by atoms with van der Waals surface area (Å²) in [5.41, 5.74) is 0. The number of fused-ring (bicyclic) bond motifs is 1. The summed E-state index contributed by atoms with van der Waals surface area (Å²) in [4.78, 5) is 25.2. The Bertz CT molecular complexity index is 691. The Morgan fingerprint density at radius 3 is 2.70 bits per heavy atom. The van der Waals surface area contributed by atoms with E-state index in [-0.39, 0.29) is 18.2 Å². The van der Waals surface area contributed by atoms with Crippen molar-refractivity contribution in [2.45, 2.75) is 6.42 Å². The van der Waals surface area contributed by atoms with Crippen LogP contribution in [0.25, 0.3) is 10.1 Å². The van der Waals surface area contributed by atoms with Crippen molar-refractivity contribution < 1.29 is 14.7 Å². The second-order valence-electron chi connectivity index (χ2n) is 4.92. The van der Waals surface area contributed by atoms with Gasteiger partial charge < -0.3 is 10.0 Å². The van der Waals surface area contributed by atoms with Gasteiger partial charge in [0.25, 0.3) is 5.91 Å². The third kappa shape index (κ3) is 2.27. The maximum atomic E-state index is 12.4. The maximum absolute atomic E-state index is 12.4. The number of hydrogen-bond donors (Lipinski definition) is 1. The SMILES string of the molecule is O=C(O)CC1CN(C(=O)c2sc3ccccc3c2Cl)C1. The van der Waals surface area contributed by atoms with Crippen molar-refractivity contribution in [2.24, 2.45) is 5.92 Å². The third-order valence-corrected chi connectivity index (χ3v) is 5.10. The summed E-state index contributed by atoms with van der Waals surface area (Å²) in [6.07, 6.45) is 0.115. The van der Waals surface area contributed by atoms with E-state index in [2.05, 4.69) is 0 Å². The van der Waals surface area contributed by atoms with E-state index in [0.29, 0.717) is 23.0 Å². The van der Waals surface area contributed by atoms with Crippen LogP contribution in [0.5, 0.6) is 0 Å². The average molecular weight is 310 g/mol. The number of benzene rings is 1. The number of halogens is 1. The van der Waals surface area contributed by atoms with E-state index in [1.807, 2.05) is 24.3 Å². The molecule has 6 heteroatoms. The number of aliphatic carboxylic acids is 1. The van der Waals surface area contributed by atoms with Gasteiger partial charge in [0.1, 0.15) is 4.88 Å². The van der Waals surface area contributed by atoms with Crippen molar-refractivity contribution >= 4 is 44.9 Å². The van der Waals surface area contributed by atoms with Crippen LogP contribution in [0.15, 0.2) is 24.3 Å². The number of carbonyl (C=O) groups excluding carboxylic acids is 1.